The lowest BCUT2D eigenvalue weighted by molar-refractivity contribution is -0.150. The number of para-hydroxylation sites is 1. The van der Waals surface area contributed by atoms with Crippen molar-refractivity contribution in [3.8, 4) is 5.75 Å². The molecule has 138 valence electrons. The van der Waals surface area contributed by atoms with Crippen molar-refractivity contribution in [2.45, 2.75) is 33.2 Å². The third-order valence-electron chi connectivity index (χ3n) is 4.07. The molecule has 0 unspecified atom stereocenters. The van der Waals surface area contributed by atoms with E-state index in [1.165, 1.54) is 5.56 Å². The first-order valence-electron chi connectivity index (χ1n) is 8.72. The molecule has 0 aliphatic carbocycles. The third kappa shape index (κ3) is 5.92. The quantitative estimate of drug-likeness (QED) is 0.738. The van der Waals surface area contributed by atoms with Gasteiger partial charge in [0, 0.05) is 0 Å². The van der Waals surface area contributed by atoms with E-state index in [1.54, 1.807) is 6.07 Å². The Morgan fingerprint density at radius 1 is 1.04 bits per heavy atom. The Hall–Kier alpha value is -2.82. The average Bonchev–Trinajstić information content (AvgIpc) is 2.65. The first-order chi connectivity index (χ1) is 12.5. The molecular weight excluding hydrogens is 330 g/mol. The summed E-state index contributed by atoms with van der Waals surface area (Å²) in [5, 5.41) is 2.81. The van der Waals surface area contributed by atoms with Crippen LogP contribution in [0.1, 0.15) is 36.6 Å². The van der Waals surface area contributed by atoms with Crippen molar-refractivity contribution in [2.24, 2.45) is 0 Å². The summed E-state index contributed by atoms with van der Waals surface area (Å²) in [6, 6.07) is 15.3. The maximum absolute atomic E-state index is 12.0. The van der Waals surface area contributed by atoms with Gasteiger partial charge < -0.3 is 14.8 Å². The minimum atomic E-state index is -0.580. The van der Waals surface area contributed by atoms with E-state index in [2.05, 4.69) is 12.2 Å². The van der Waals surface area contributed by atoms with E-state index in [0.29, 0.717) is 5.75 Å². The molecule has 1 atom stereocenters. The number of ether oxygens (including phenoxy) is 2. The van der Waals surface area contributed by atoms with E-state index in [-0.39, 0.29) is 25.2 Å². The van der Waals surface area contributed by atoms with E-state index in [4.69, 9.17) is 9.47 Å². The average molecular weight is 355 g/mol. The fourth-order valence-corrected chi connectivity index (χ4v) is 2.45. The van der Waals surface area contributed by atoms with Gasteiger partial charge in [-0.05, 0) is 43.0 Å². The van der Waals surface area contributed by atoms with Gasteiger partial charge in [-0.1, -0.05) is 49.4 Å². The predicted molar refractivity (Wildman–Crippen MR) is 100 cm³/mol. The molecule has 2 aromatic rings. The molecule has 5 nitrogen and oxygen atoms in total. The predicted octanol–water partition coefficient (Wildman–Crippen LogP) is 3.36. The molecule has 26 heavy (non-hydrogen) atoms. The van der Waals surface area contributed by atoms with Gasteiger partial charge in [-0.2, -0.15) is 0 Å². The first kappa shape index (κ1) is 19.5. The number of nitrogens with one attached hydrogen (secondary N) is 1. The van der Waals surface area contributed by atoms with Crippen LogP contribution in [-0.2, 0) is 20.7 Å². The summed E-state index contributed by atoms with van der Waals surface area (Å²) < 4.78 is 10.4. The van der Waals surface area contributed by atoms with Gasteiger partial charge in [0.05, 0.1) is 6.04 Å². The second kappa shape index (κ2) is 9.61. The standard InChI is InChI=1S/C21H25NO4/c1-4-17-9-11-18(12-10-17)16(3)22-20(23)13-26-21(24)14-25-19-8-6-5-7-15(19)2/h5-12,16H,4,13-14H2,1-3H3,(H,22,23)/t16-/m1/s1. The number of carbonyl (C=O) groups is 2. The van der Waals surface area contributed by atoms with Crippen molar-refractivity contribution in [3.63, 3.8) is 0 Å². The monoisotopic (exact) mass is 355 g/mol. The number of aryl methyl sites for hydroxylation is 2. The molecule has 2 rings (SSSR count). The highest BCUT2D eigenvalue weighted by Crippen LogP contribution is 2.16. The lowest BCUT2D eigenvalue weighted by Gasteiger charge is -2.15. The maximum Gasteiger partial charge on any atom is 0.344 e. The zero-order valence-corrected chi connectivity index (χ0v) is 15.5. The molecule has 1 amide bonds. The second-order valence-corrected chi connectivity index (χ2v) is 6.10. The Labute approximate surface area is 154 Å². The zero-order chi connectivity index (χ0) is 18.9. The van der Waals surface area contributed by atoms with Gasteiger partial charge in [0.1, 0.15) is 5.75 Å². The molecule has 0 bridgehead atoms. The third-order valence-corrected chi connectivity index (χ3v) is 4.07. The molecule has 0 saturated carbocycles. The summed E-state index contributed by atoms with van der Waals surface area (Å²) in [5.41, 5.74) is 3.18. The Bertz CT molecular complexity index is 740. The molecule has 0 spiro atoms. The Kier molecular flexibility index (Phi) is 7.21. The molecule has 0 radical (unpaired) electrons. The minimum absolute atomic E-state index is 0.157. The molecule has 0 aliphatic heterocycles. The van der Waals surface area contributed by atoms with Crippen LogP contribution in [0.2, 0.25) is 0 Å². The van der Waals surface area contributed by atoms with Gasteiger partial charge in [0.2, 0.25) is 0 Å². The number of rotatable bonds is 8. The Morgan fingerprint density at radius 2 is 1.73 bits per heavy atom. The molecule has 0 aromatic heterocycles. The van der Waals surface area contributed by atoms with Crippen molar-refractivity contribution >= 4 is 11.9 Å². The van der Waals surface area contributed by atoms with Crippen LogP contribution < -0.4 is 10.1 Å². The van der Waals surface area contributed by atoms with E-state index < -0.39 is 5.97 Å². The highest BCUT2D eigenvalue weighted by Gasteiger charge is 2.12. The number of esters is 1. The SMILES string of the molecule is CCc1ccc([C@@H](C)NC(=O)COC(=O)COc2ccccc2C)cc1. The van der Waals surface area contributed by atoms with Gasteiger partial charge in [0.25, 0.3) is 5.91 Å². The van der Waals surface area contributed by atoms with Crippen LogP contribution in [0, 0.1) is 6.92 Å². The minimum Gasteiger partial charge on any atom is -0.482 e. The highest BCUT2D eigenvalue weighted by molar-refractivity contribution is 5.81. The Morgan fingerprint density at radius 3 is 2.38 bits per heavy atom. The molecule has 0 fully saturated rings. The summed E-state index contributed by atoms with van der Waals surface area (Å²) in [6.45, 7) is 5.32. The van der Waals surface area contributed by atoms with Crippen LogP contribution in [0.25, 0.3) is 0 Å². The van der Waals surface area contributed by atoms with Crippen LogP contribution in [-0.4, -0.2) is 25.1 Å². The van der Waals surface area contributed by atoms with E-state index in [1.807, 2.05) is 56.3 Å². The lowest BCUT2D eigenvalue weighted by atomic mass is 10.1. The molecular formula is C21H25NO4. The van der Waals surface area contributed by atoms with E-state index in [0.717, 1.165) is 17.5 Å². The van der Waals surface area contributed by atoms with Crippen LogP contribution in [0.3, 0.4) is 0 Å². The summed E-state index contributed by atoms with van der Waals surface area (Å²) in [5.74, 6) is -0.303. The largest absolute Gasteiger partial charge is 0.482 e. The number of hydrogen-bond donors (Lipinski definition) is 1. The normalized spacial score (nSPS) is 11.5. The fourth-order valence-electron chi connectivity index (χ4n) is 2.45. The highest BCUT2D eigenvalue weighted by atomic mass is 16.6. The van der Waals surface area contributed by atoms with Crippen molar-refractivity contribution in [1.29, 1.82) is 0 Å². The van der Waals surface area contributed by atoms with Crippen molar-refractivity contribution in [3.05, 3.63) is 65.2 Å². The number of benzene rings is 2. The first-order valence-corrected chi connectivity index (χ1v) is 8.72. The maximum atomic E-state index is 12.0. The molecule has 0 heterocycles. The van der Waals surface area contributed by atoms with Gasteiger partial charge in [-0.15, -0.1) is 0 Å². The van der Waals surface area contributed by atoms with Crippen LogP contribution >= 0.6 is 0 Å². The zero-order valence-electron chi connectivity index (χ0n) is 15.5. The van der Waals surface area contributed by atoms with Crippen molar-refractivity contribution in [1.82, 2.24) is 5.32 Å². The fraction of sp³-hybridized carbons (Fsp3) is 0.333. The summed E-state index contributed by atoms with van der Waals surface area (Å²) in [7, 11) is 0. The molecule has 0 saturated heterocycles. The molecule has 0 aliphatic rings. The van der Waals surface area contributed by atoms with E-state index in [9.17, 15) is 9.59 Å². The second-order valence-electron chi connectivity index (χ2n) is 6.10. The molecule has 1 N–H and O–H groups in total. The van der Waals surface area contributed by atoms with Crippen molar-refractivity contribution in [2.75, 3.05) is 13.2 Å². The topological polar surface area (TPSA) is 64.6 Å². The van der Waals surface area contributed by atoms with Gasteiger partial charge in [-0.25, -0.2) is 4.79 Å². The summed E-state index contributed by atoms with van der Waals surface area (Å²) in [4.78, 5) is 23.7. The van der Waals surface area contributed by atoms with Crippen LogP contribution in [0.15, 0.2) is 48.5 Å². The number of hydrogen-bond acceptors (Lipinski definition) is 4. The number of carbonyl (C=O) groups excluding carboxylic acids is 2. The number of amides is 1. The van der Waals surface area contributed by atoms with Gasteiger partial charge >= 0.3 is 5.97 Å². The summed E-state index contributed by atoms with van der Waals surface area (Å²) in [6.07, 6.45) is 0.974. The van der Waals surface area contributed by atoms with Crippen LogP contribution in [0.4, 0.5) is 0 Å². The van der Waals surface area contributed by atoms with Crippen molar-refractivity contribution < 1.29 is 19.1 Å². The van der Waals surface area contributed by atoms with Crippen LogP contribution in [0.5, 0.6) is 5.75 Å². The molecule has 5 heteroatoms. The lowest BCUT2D eigenvalue weighted by Crippen LogP contribution is -2.32. The smallest absolute Gasteiger partial charge is 0.344 e. The van der Waals surface area contributed by atoms with Gasteiger partial charge in [0.15, 0.2) is 13.2 Å². The Balaban J connectivity index is 1.73. The van der Waals surface area contributed by atoms with Gasteiger partial charge in [-0.3, -0.25) is 4.79 Å². The molecule has 2 aromatic carbocycles. The summed E-state index contributed by atoms with van der Waals surface area (Å²) >= 11 is 0. The van der Waals surface area contributed by atoms with E-state index >= 15 is 0 Å².